The van der Waals surface area contributed by atoms with Crippen molar-refractivity contribution in [1.82, 2.24) is 5.32 Å². The molecule has 0 saturated carbocycles. The van der Waals surface area contributed by atoms with Crippen LogP contribution in [0.25, 0.3) is 11.3 Å². The van der Waals surface area contributed by atoms with Crippen LogP contribution in [-0.2, 0) is 11.2 Å². The second-order valence-corrected chi connectivity index (χ2v) is 5.03. The molecule has 5 nitrogen and oxygen atoms in total. The highest BCUT2D eigenvalue weighted by molar-refractivity contribution is 5.92. The first-order valence-corrected chi connectivity index (χ1v) is 7.28. The minimum atomic E-state index is -0.732. The molecule has 1 heterocycles. The van der Waals surface area contributed by atoms with Gasteiger partial charge in [0.1, 0.15) is 5.76 Å². The number of rotatable bonds is 7. The number of aryl methyl sites for hydroxylation is 1. The topological polar surface area (TPSA) is 71.7 Å². The average molecular weight is 303 g/mol. The van der Waals surface area contributed by atoms with Crippen molar-refractivity contribution in [2.75, 3.05) is 20.3 Å². The molecule has 1 unspecified atom stereocenters. The Hall–Kier alpha value is -2.11. The second kappa shape index (κ2) is 7.77. The number of carbonyl (C=O) groups is 1. The number of amides is 1. The maximum atomic E-state index is 11.9. The van der Waals surface area contributed by atoms with Gasteiger partial charge in [0.05, 0.1) is 12.7 Å². The van der Waals surface area contributed by atoms with E-state index in [0.29, 0.717) is 5.76 Å². The van der Waals surface area contributed by atoms with Crippen LogP contribution in [0.2, 0.25) is 0 Å². The van der Waals surface area contributed by atoms with Gasteiger partial charge in [0.25, 0.3) is 5.91 Å². The van der Waals surface area contributed by atoms with E-state index < -0.39 is 6.10 Å². The van der Waals surface area contributed by atoms with Crippen molar-refractivity contribution >= 4 is 5.91 Å². The lowest BCUT2D eigenvalue weighted by atomic mass is 10.1. The van der Waals surface area contributed by atoms with E-state index in [-0.39, 0.29) is 24.8 Å². The summed E-state index contributed by atoms with van der Waals surface area (Å²) in [6, 6.07) is 11.4. The van der Waals surface area contributed by atoms with Crippen LogP contribution in [0.4, 0.5) is 0 Å². The van der Waals surface area contributed by atoms with Gasteiger partial charge in [0, 0.05) is 19.2 Å². The van der Waals surface area contributed by atoms with E-state index in [1.54, 1.807) is 12.1 Å². The van der Waals surface area contributed by atoms with Gasteiger partial charge >= 0.3 is 0 Å². The van der Waals surface area contributed by atoms with E-state index in [1.165, 1.54) is 12.7 Å². The van der Waals surface area contributed by atoms with Gasteiger partial charge in [0.2, 0.25) is 0 Å². The molecular formula is C17H21NO4. The number of benzene rings is 1. The summed E-state index contributed by atoms with van der Waals surface area (Å²) in [6.45, 7) is 2.39. The van der Waals surface area contributed by atoms with Crippen LogP contribution in [-0.4, -0.2) is 37.4 Å². The fourth-order valence-corrected chi connectivity index (χ4v) is 2.07. The number of methoxy groups -OCH3 is 1. The Bertz CT molecular complexity index is 603. The second-order valence-electron chi connectivity index (χ2n) is 5.03. The third kappa shape index (κ3) is 4.19. The predicted molar refractivity (Wildman–Crippen MR) is 83.7 cm³/mol. The normalized spacial score (nSPS) is 12.1. The molecule has 1 atom stereocenters. The third-order valence-corrected chi connectivity index (χ3v) is 3.33. The lowest BCUT2D eigenvalue weighted by Crippen LogP contribution is -2.34. The van der Waals surface area contributed by atoms with Gasteiger partial charge in [-0.2, -0.15) is 0 Å². The molecule has 5 heteroatoms. The van der Waals surface area contributed by atoms with Crippen molar-refractivity contribution in [1.29, 1.82) is 0 Å². The fourth-order valence-electron chi connectivity index (χ4n) is 2.07. The zero-order valence-corrected chi connectivity index (χ0v) is 12.8. The molecule has 2 aromatic rings. The summed E-state index contributed by atoms with van der Waals surface area (Å²) in [5.74, 6) is 0.510. The van der Waals surface area contributed by atoms with Crippen LogP contribution in [0.15, 0.2) is 40.8 Å². The molecule has 1 aromatic carbocycles. The van der Waals surface area contributed by atoms with Crippen LogP contribution in [0.5, 0.6) is 0 Å². The minimum absolute atomic E-state index is 0.119. The van der Waals surface area contributed by atoms with Gasteiger partial charge in [-0.1, -0.05) is 31.2 Å². The summed E-state index contributed by atoms with van der Waals surface area (Å²) in [5.41, 5.74) is 2.18. The largest absolute Gasteiger partial charge is 0.451 e. The summed E-state index contributed by atoms with van der Waals surface area (Å²) < 4.78 is 10.4. The lowest BCUT2D eigenvalue weighted by molar-refractivity contribution is 0.0603. The summed E-state index contributed by atoms with van der Waals surface area (Å²) in [6.07, 6.45) is 0.251. The van der Waals surface area contributed by atoms with Crippen molar-refractivity contribution in [2.45, 2.75) is 19.4 Å². The monoisotopic (exact) mass is 303 g/mol. The van der Waals surface area contributed by atoms with Crippen LogP contribution < -0.4 is 5.32 Å². The molecule has 0 aliphatic rings. The summed E-state index contributed by atoms with van der Waals surface area (Å²) in [4.78, 5) is 11.9. The predicted octanol–water partition coefficient (Wildman–Crippen LogP) is 2.25. The molecule has 0 bridgehead atoms. The number of furan rings is 1. The summed E-state index contributed by atoms with van der Waals surface area (Å²) in [5, 5.41) is 12.1. The van der Waals surface area contributed by atoms with Gasteiger partial charge in [-0.3, -0.25) is 4.79 Å². The number of ether oxygens (including phenoxy) is 1. The Morgan fingerprint density at radius 3 is 2.64 bits per heavy atom. The molecular weight excluding hydrogens is 282 g/mol. The number of aliphatic hydroxyl groups excluding tert-OH is 1. The molecule has 22 heavy (non-hydrogen) atoms. The molecule has 1 aromatic heterocycles. The molecule has 0 aliphatic heterocycles. The minimum Gasteiger partial charge on any atom is -0.451 e. The van der Waals surface area contributed by atoms with E-state index in [2.05, 4.69) is 12.2 Å². The highest BCUT2D eigenvalue weighted by atomic mass is 16.5. The van der Waals surface area contributed by atoms with E-state index in [1.807, 2.05) is 24.3 Å². The van der Waals surface area contributed by atoms with Gasteiger partial charge < -0.3 is 19.6 Å². The summed E-state index contributed by atoms with van der Waals surface area (Å²) >= 11 is 0. The van der Waals surface area contributed by atoms with E-state index in [9.17, 15) is 9.90 Å². The highest BCUT2D eigenvalue weighted by Gasteiger charge is 2.13. The average Bonchev–Trinajstić information content (AvgIpc) is 3.03. The Morgan fingerprint density at radius 2 is 2.00 bits per heavy atom. The smallest absolute Gasteiger partial charge is 0.287 e. The fraction of sp³-hybridized carbons (Fsp3) is 0.353. The Morgan fingerprint density at radius 1 is 1.27 bits per heavy atom. The zero-order chi connectivity index (χ0) is 15.9. The number of aliphatic hydroxyl groups is 1. The molecule has 1 amide bonds. The van der Waals surface area contributed by atoms with Crippen LogP contribution in [0, 0.1) is 0 Å². The van der Waals surface area contributed by atoms with Gasteiger partial charge in [-0.15, -0.1) is 0 Å². The number of hydrogen-bond acceptors (Lipinski definition) is 4. The first-order valence-electron chi connectivity index (χ1n) is 7.28. The van der Waals surface area contributed by atoms with Crippen molar-refractivity contribution in [3.8, 4) is 11.3 Å². The van der Waals surface area contributed by atoms with Crippen molar-refractivity contribution in [3.63, 3.8) is 0 Å². The van der Waals surface area contributed by atoms with E-state index in [0.717, 1.165) is 12.0 Å². The van der Waals surface area contributed by atoms with Gasteiger partial charge in [-0.05, 0) is 24.1 Å². The number of hydrogen-bond donors (Lipinski definition) is 2. The van der Waals surface area contributed by atoms with E-state index in [4.69, 9.17) is 9.15 Å². The van der Waals surface area contributed by atoms with Gasteiger partial charge in [-0.25, -0.2) is 0 Å². The lowest BCUT2D eigenvalue weighted by Gasteiger charge is -2.09. The Balaban J connectivity index is 1.99. The first kappa shape index (κ1) is 16.3. The Kier molecular flexibility index (Phi) is 5.75. The molecule has 118 valence electrons. The quantitative estimate of drug-likeness (QED) is 0.823. The van der Waals surface area contributed by atoms with Crippen molar-refractivity contribution < 1.29 is 19.1 Å². The molecule has 0 spiro atoms. The van der Waals surface area contributed by atoms with Crippen LogP contribution in [0.1, 0.15) is 23.0 Å². The SMILES string of the molecule is CCc1ccc(-c2ccc(C(=O)NCC(O)COC)o2)cc1. The molecule has 0 aliphatic carbocycles. The highest BCUT2D eigenvalue weighted by Crippen LogP contribution is 2.22. The Labute approximate surface area is 129 Å². The zero-order valence-electron chi connectivity index (χ0n) is 12.8. The van der Waals surface area contributed by atoms with Crippen LogP contribution >= 0.6 is 0 Å². The molecule has 0 radical (unpaired) electrons. The third-order valence-electron chi connectivity index (χ3n) is 3.33. The maximum absolute atomic E-state index is 11.9. The standard InChI is InChI=1S/C17H21NO4/c1-3-12-4-6-13(7-5-12)15-8-9-16(22-15)17(20)18-10-14(19)11-21-2/h4-9,14,19H,3,10-11H2,1-2H3,(H,18,20). The molecule has 2 N–H and O–H groups in total. The first-order chi connectivity index (χ1) is 10.6. The molecule has 2 rings (SSSR count). The van der Waals surface area contributed by atoms with Crippen LogP contribution in [0.3, 0.4) is 0 Å². The summed E-state index contributed by atoms with van der Waals surface area (Å²) in [7, 11) is 1.49. The number of nitrogens with one attached hydrogen (secondary N) is 1. The number of carbonyl (C=O) groups excluding carboxylic acids is 1. The van der Waals surface area contributed by atoms with Crippen molar-refractivity contribution in [3.05, 3.63) is 47.7 Å². The maximum Gasteiger partial charge on any atom is 0.287 e. The van der Waals surface area contributed by atoms with E-state index >= 15 is 0 Å². The molecule has 0 fully saturated rings. The van der Waals surface area contributed by atoms with Gasteiger partial charge in [0.15, 0.2) is 5.76 Å². The molecule has 0 saturated heterocycles. The van der Waals surface area contributed by atoms with Crippen molar-refractivity contribution in [2.24, 2.45) is 0 Å².